The van der Waals surface area contributed by atoms with Crippen molar-refractivity contribution in [1.82, 2.24) is 4.90 Å². The predicted molar refractivity (Wildman–Crippen MR) is 67.5 cm³/mol. The second-order valence-corrected chi connectivity index (χ2v) is 5.14. The maximum absolute atomic E-state index is 12.1. The molecule has 0 aliphatic rings. The van der Waals surface area contributed by atoms with Crippen LogP contribution in [0.2, 0.25) is 0 Å². The first-order valence-electron chi connectivity index (χ1n) is 5.46. The van der Waals surface area contributed by atoms with Gasteiger partial charge in [0.05, 0.1) is 6.42 Å². The number of phenols is 1. The number of phenolic OH excluding ortho intramolecular Hbond substituents is 1. The van der Waals surface area contributed by atoms with Crippen LogP contribution in [0.1, 0.15) is 24.9 Å². The molecular formula is C12H15BrF3NO. The lowest BCUT2D eigenvalue weighted by Gasteiger charge is -2.26. The number of nitrogens with zero attached hydrogens (tertiary/aromatic N) is 1. The van der Waals surface area contributed by atoms with Gasteiger partial charge in [-0.25, -0.2) is 0 Å². The van der Waals surface area contributed by atoms with Crippen molar-refractivity contribution >= 4 is 15.9 Å². The molecule has 0 saturated heterocycles. The number of benzene rings is 1. The summed E-state index contributed by atoms with van der Waals surface area (Å²) in [5, 5.41) is 9.71. The monoisotopic (exact) mass is 325 g/mol. The molecule has 1 aromatic carbocycles. The summed E-state index contributed by atoms with van der Waals surface area (Å²) < 4.78 is 37.2. The zero-order valence-electron chi connectivity index (χ0n) is 10.1. The third-order valence-electron chi connectivity index (χ3n) is 2.85. The highest BCUT2D eigenvalue weighted by molar-refractivity contribution is 9.10. The fourth-order valence-electron chi connectivity index (χ4n) is 1.59. The Morgan fingerprint density at radius 3 is 2.56 bits per heavy atom. The normalized spacial score (nSPS) is 13.9. The van der Waals surface area contributed by atoms with Crippen LogP contribution in [0.3, 0.4) is 0 Å². The lowest BCUT2D eigenvalue weighted by atomic mass is 10.1. The first-order chi connectivity index (χ1) is 8.20. The van der Waals surface area contributed by atoms with Gasteiger partial charge in [0.1, 0.15) is 5.75 Å². The van der Waals surface area contributed by atoms with Crippen molar-refractivity contribution in [3.63, 3.8) is 0 Å². The molecule has 0 spiro atoms. The molecule has 1 aromatic rings. The molecule has 1 rings (SSSR count). The molecule has 1 N–H and O–H groups in total. The Balaban J connectivity index is 2.74. The van der Waals surface area contributed by atoms with Crippen molar-refractivity contribution in [3.05, 3.63) is 28.2 Å². The Labute approximate surface area is 113 Å². The molecule has 0 aromatic heterocycles. The third-order valence-corrected chi connectivity index (χ3v) is 3.34. The summed E-state index contributed by atoms with van der Waals surface area (Å²) in [5.41, 5.74) is 0.606. The van der Waals surface area contributed by atoms with Gasteiger partial charge >= 0.3 is 6.18 Å². The van der Waals surface area contributed by atoms with Crippen LogP contribution in [-0.2, 0) is 0 Å². The zero-order valence-corrected chi connectivity index (χ0v) is 11.7. The lowest BCUT2D eigenvalue weighted by Crippen LogP contribution is -2.27. The highest BCUT2D eigenvalue weighted by atomic mass is 79.9. The fourth-order valence-corrected chi connectivity index (χ4v) is 1.97. The van der Waals surface area contributed by atoms with E-state index in [0.717, 1.165) is 4.47 Å². The van der Waals surface area contributed by atoms with E-state index in [0.29, 0.717) is 5.56 Å². The van der Waals surface area contributed by atoms with Crippen LogP contribution in [0.15, 0.2) is 22.7 Å². The molecule has 0 aliphatic heterocycles. The van der Waals surface area contributed by atoms with E-state index in [1.54, 1.807) is 31.0 Å². The lowest BCUT2D eigenvalue weighted by molar-refractivity contribution is -0.138. The van der Waals surface area contributed by atoms with Crippen molar-refractivity contribution in [3.8, 4) is 5.75 Å². The van der Waals surface area contributed by atoms with Crippen LogP contribution in [0.5, 0.6) is 5.75 Å². The molecule has 6 heteroatoms. The Morgan fingerprint density at radius 2 is 2.00 bits per heavy atom. The molecule has 18 heavy (non-hydrogen) atoms. The minimum atomic E-state index is -4.16. The van der Waals surface area contributed by atoms with Crippen molar-refractivity contribution < 1.29 is 18.3 Å². The van der Waals surface area contributed by atoms with Crippen LogP contribution in [-0.4, -0.2) is 29.8 Å². The Kier molecular flexibility index (Phi) is 5.04. The van der Waals surface area contributed by atoms with Gasteiger partial charge in [0.15, 0.2) is 0 Å². The van der Waals surface area contributed by atoms with E-state index in [4.69, 9.17) is 0 Å². The highest BCUT2D eigenvalue weighted by Gasteiger charge is 2.28. The number of halogens is 4. The van der Waals surface area contributed by atoms with Gasteiger partial charge in [-0.05, 0) is 32.2 Å². The number of aromatic hydroxyl groups is 1. The van der Waals surface area contributed by atoms with Gasteiger partial charge in [0.25, 0.3) is 0 Å². The van der Waals surface area contributed by atoms with Gasteiger partial charge in [-0.3, -0.25) is 4.90 Å². The smallest absolute Gasteiger partial charge is 0.390 e. The van der Waals surface area contributed by atoms with Gasteiger partial charge in [0, 0.05) is 22.6 Å². The van der Waals surface area contributed by atoms with E-state index in [2.05, 4.69) is 15.9 Å². The molecule has 0 bridgehead atoms. The van der Waals surface area contributed by atoms with Crippen LogP contribution in [0.25, 0.3) is 0 Å². The molecule has 102 valence electrons. The summed E-state index contributed by atoms with van der Waals surface area (Å²) in [6, 6.07) is 4.63. The van der Waals surface area contributed by atoms with Gasteiger partial charge < -0.3 is 5.11 Å². The molecule has 0 saturated carbocycles. The van der Waals surface area contributed by atoms with Gasteiger partial charge in [-0.2, -0.15) is 13.2 Å². The van der Waals surface area contributed by atoms with Crippen molar-refractivity contribution in [2.24, 2.45) is 0 Å². The van der Waals surface area contributed by atoms with Gasteiger partial charge in [-0.1, -0.05) is 15.9 Å². The summed E-state index contributed by atoms with van der Waals surface area (Å²) in [6.45, 7) is 1.66. The van der Waals surface area contributed by atoms with Crippen molar-refractivity contribution in [1.29, 1.82) is 0 Å². The molecule has 1 unspecified atom stereocenters. The summed E-state index contributed by atoms with van der Waals surface area (Å²) in [5.74, 6) is 0.0876. The first-order valence-corrected chi connectivity index (χ1v) is 6.25. The molecule has 1 atom stereocenters. The minimum absolute atomic E-state index is 0.0876. The van der Waals surface area contributed by atoms with E-state index in [9.17, 15) is 18.3 Å². The van der Waals surface area contributed by atoms with E-state index in [1.165, 1.54) is 6.07 Å². The Hall–Kier alpha value is -0.750. The number of hydrogen-bond acceptors (Lipinski definition) is 2. The third kappa shape index (κ3) is 4.49. The molecular weight excluding hydrogens is 311 g/mol. The topological polar surface area (TPSA) is 23.5 Å². The Morgan fingerprint density at radius 1 is 1.39 bits per heavy atom. The van der Waals surface area contributed by atoms with Crippen LogP contribution < -0.4 is 0 Å². The summed E-state index contributed by atoms with van der Waals surface area (Å²) in [7, 11) is 1.61. The van der Waals surface area contributed by atoms with E-state index < -0.39 is 12.6 Å². The minimum Gasteiger partial charge on any atom is -0.508 e. The standard InChI is InChI=1S/C12H15BrF3NO/c1-8(17(2)6-5-12(14,15)16)10-7-9(13)3-4-11(10)18/h3-4,7-8,18H,5-6H2,1-2H3. The van der Waals surface area contributed by atoms with Crippen LogP contribution in [0.4, 0.5) is 13.2 Å². The van der Waals surface area contributed by atoms with E-state index in [1.807, 2.05) is 0 Å². The number of hydrogen-bond donors (Lipinski definition) is 1. The zero-order chi connectivity index (χ0) is 13.9. The molecule has 0 radical (unpaired) electrons. The summed E-state index contributed by atoms with van der Waals surface area (Å²) in [4.78, 5) is 1.56. The largest absolute Gasteiger partial charge is 0.508 e. The quantitative estimate of drug-likeness (QED) is 0.900. The fraction of sp³-hybridized carbons (Fsp3) is 0.500. The summed E-state index contributed by atoms with van der Waals surface area (Å²) >= 11 is 3.27. The Bertz CT molecular complexity index is 409. The molecule has 2 nitrogen and oxygen atoms in total. The van der Waals surface area contributed by atoms with Crippen molar-refractivity contribution in [2.75, 3.05) is 13.6 Å². The van der Waals surface area contributed by atoms with Gasteiger partial charge in [0.2, 0.25) is 0 Å². The molecule has 0 amide bonds. The maximum atomic E-state index is 12.1. The SMILES string of the molecule is CC(c1cc(Br)ccc1O)N(C)CCC(F)(F)F. The van der Waals surface area contributed by atoms with Crippen LogP contribution >= 0.6 is 15.9 Å². The molecule has 0 aliphatic carbocycles. The number of alkyl halides is 3. The average molecular weight is 326 g/mol. The molecule has 0 fully saturated rings. The van der Waals surface area contributed by atoms with Gasteiger partial charge in [-0.15, -0.1) is 0 Å². The van der Waals surface area contributed by atoms with E-state index >= 15 is 0 Å². The van der Waals surface area contributed by atoms with E-state index in [-0.39, 0.29) is 18.3 Å². The first kappa shape index (κ1) is 15.3. The predicted octanol–water partition coefficient (Wildman–Crippen LogP) is 4.10. The second kappa shape index (κ2) is 5.93. The second-order valence-electron chi connectivity index (χ2n) is 4.22. The number of rotatable bonds is 4. The summed E-state index contributed by atoms with van der Waals surface area (Å²) in [6.07, 6.45) is -5.02. The maximum Gasteiger partial charge on any atom is 0.390 e. The highest BCUT2D eigenvalue weighted by Crippen LogP contribution is 2.31. The van der Waals surface area contributed by atoms with Crippen LogP contribution in [0, 0.1) is 0 Å². The average Bonchev–Trinajstić information content (AvgIpc) is 2.27. The van der Waals surface area contributed by atoms with Crippen molar-refractivity contribution in [2.45, 2.75) is 25.6 Å². The molecule has 0 heterocycles.